The lowest BCUT2D eigenvalue weighted by molar-refractivity contribution is -0.150. The molecule has 0 saturated carbocycles. The predicted octanol–water partition coefficient (Wildman–Crippen LogP) is 4.11. The third-order valence-electron chi connectivity index (χ3n) is 10.7. The van der Waals surface area contributed by atoms with Crippen LogP contribution in [0.25, 0.3) is 0 Å². The molecular formula is C35H41FN4O8. The van der Waals surface area contributed by atoms with Crippen LogP contribution in [-0.4, -0.2) is 91.3 Å². The molecule has 1 spiro atoms. The Balaban J connectivity index is 1.26. The first-order valence-corrected chi connectivity index (χ1v) is 16.6. The smallest absolute Gasteiger partial charge is 0.414 e. The lowest BCUT2D eigenvalue weighted by Gasteiger charge is -2.33. The number of hydrogen-bond acceptors (Lipinski definition) is 8. The average molecular weight is 665 g/mol. The standard InChI is InChI=1S/C35H41FN4O8/c1-21-30(34(2,3)36)28(18-29(42)37-12-4-5-25(37)20-41)48-35(21)26-17-24(39-14-16-47-33(39)45)10-11-27(26)40(31(35)43)19-22-6-8-23(9-7-22)38-13-15-46-32(38)44/h6-11,17,21,25,28,30,41H,4-5,12-16,18-20H2,1-3H3/t21-,25+,28+,30-,35+/m1/s1. The van der Waals surface area contributed by atoms with Crippen molar-refractivity contribution in [2.45, 2.75) is 70.0 Å². The number of likely N-dealkylation sites (tertiary alicyclic amines) is 1. The number of alkyl halides is 1. The van der Waals surface area contributed by atoms with Crippen LogP contribution >= 0.6 is 0 Å². The van der Waals surface area contributed by atoms with E-state index in [4.69, 9.17) is 14.2 Å². The molecule has 13 heteroatoms. The Bertz CT molecular complexity index is 1630. The van der Waals surface area contributed by atoms with Gasteiger partial charge in [-0.1, -0.05) is 19.1 Å². The first kappa shape index (κ1) is 32.3. The summed E-state index contributed by atoms with van der Waals surface area (Å²) in [5.41, 5.74) is -0.367. The molecule has 5 atom stereocenters. The van der Waals surface area contributed by atoms with Crippen LogP contribution in [0.5, 0.6) is 0 Å². The average Bonchev–Trinajstić information content (AvgIpc) is 3.88. The van der Waals surface area contributed by atoms with Crippen molar-refractivity contribution in [1.82, 2.24) is 4.90 Å². The normalized spacial score (nSPS) is 28.6. The highest BCUT2D eigenvalue weighted by Crippen LogP contribution is 2.59. The number of carbonyl (C=O) groups is 4. The first-order chi connectivity index (χ1) is 22.9. The zero-order valence-corrected chi connectivity index (χ0v) is 27.4. The van der Waals surface area contributed by atoms with E-state index >= 15 is 4.39 Å². The number of hydrogen-bond donors (Lipinski definition) is 1. The van der Waals surface area contributed by atoms with E-state index in [0.29, 0.717) is 55.3 Å². The summed E-state index contributed by atoms with van der Waals surface area (Å²) in [5.74, 6) is -2.14. The number of cyclic esters (lactones) is 2. The number of anilines is 3. The number of aliphatic hydroxyl groups excluding tert-OH is 1. The Morgan fingerprint density at radius 2 is 1.62 bits per heavy atom. The maximum Gasteiger partial charge on any atom is 0.414 e. The number of aliphatic hydroxyl groups is 1. The van der Waals surface area contributed by atoms with Crippen LogP contribution in [0, 0.1) is 11.8 Å². The van der Waals surface area contributed by atoms with Crippen molar-refractivity contribution >= 4 is 41.1 Å². The quantitative estimate of drug-likeness (QED) is 0.447. The van der Waals surface area contributed by atoms with Gasteiger partial charge >= 0.3 is 12.2 Å². The fraction of sp³-hybridized carbons (Fsp3) is 0.543. The van der Waals surface area contributed by atoms with Crippen molar-refractivity contribution in [3.8, 4) is 0 Å². The second-order valence-electron chi connectivity index (χ2n) is 13.8. The lowest BCUT2D eigenvalue weighted by Crippen LogP contribution is -2.45. The summed E-state index contributed by atoms with van der Waals surface area (Å²) in [6.07, 6.45) is -0.508. The van der Waals surface area contributed by atoms with Crippen molar-refractivity contribution in [2.75, 3.05) is 54.2 Å². The van der Waals surface area contributed by atoms with Gasteiger partial charge in [-0.25, -0.2) is 14.0 Å². The van der Waals surface area contributed by atoms with E-state index in [9.17, 15) is 24.3 Å². The molecule has 5 aliphatic heterocycles. The second kappa shape index (κ2) is 12.0. The van der Waals surface area contributed by atoms with E-state index in [-0.39, 0.29) is 44.0 Å². The Morgan fingerprint density at radius 1 is 0.979 bits per heavy atom. The number of fused-ring (bicyclic) bond motifs is 2. The molecule has 4 amide bonds. The third kappa shape index (κ3) is 5.18. The minimum Gasteiger partial charge on any atom is -0.447 e. The molecule has 7 rings (SSSR count). The fourth-order valence-electron chi connectivity index (χ4n) is 8.42. The van der Waals surface area contributed by atoms with Gasteiger partial charge in [0.2, 0.25) is 5.91 Å². The molecule has 4 fully saturated rings. The van der Waals surface area contributed by atoms with Crippen LogP contribution in [0.3, 0.4) is 0 Å². The molecule has 0 bridgehead atoms. The number of rotatable bonds is 8. The number of amides is 4. The van der Waals surface area contributed by atoms with Crippen LogP contribution in [-0.2, 0) is 35.9 Å². The Labute approximate surface area is 278 Å². The zero-order chi connectivity index (χ0) is 34.0. The highest BCUT2D eigenvalue weighted by atomic mass is 19.1. The third-order valence-corrected chi connectivity index (χ3v) is 10.7. The molecule has 5 aliphatic rings. The minimum atomic E-state index is -1.81. The van der Waals surface area contributed by atoms with E-state index in [1.54, 1.807) is 52.0 Å². The molecule has 0 aliphatic carbocycles. The maximum absolute atomic E-state index is 16.2. The molecule has 5 heterocycles. The van der Waals surface area contributed by atoms with E-state index < -0.39 is 41.4 Å². The van der Waals surface area contributed by atoms with E-state index in [1.807, 2.05) is 12.1 Å². The molecule has 2 aromatic rings. The van der Waals surface area contributed by atoms with Crippen molar-refractivity contribution in [1.29, 1.82) is 0 Å². The van der Waals surface area contributed by atoms with Crippen LogP contribution in [0.4, 0.5) is 31.0 Å². The minimum absolute atomic E-state index is 0.137. The fourth-order valence-corrected chi connectivity index (χ4v) is 8.42. The van der Waals surface area contributed by atoms with Gasteiger partial charge in [0, 0.05) is 35.3 Å². The van der Waals surface area contributed by atoms with Crippen molar-refractivity contribution in [3.63, 3.8) is 0 Å². The maximum atomic E-state index is 16.2. The lowest BCUT2D eigenvalue weighted by atomic mass is 9.71. The molecule has 4 saturated heterocycles. The number of benzene rings is 2. The largest absolute Gasteiger partial charge is 0.447 e. The van der Waals surface area contributed by atoms with Gasteiger partial charge in [-0.3, -0.25) is 19.4 Å². The highest BCUT2D eigenvalue weighted by molar-refractivity contribution is 6.08. The Kier molecular flexibility index (Phi) is 8.10. The Morgan fingerprint density at radius 3 is 2.23 bits per heavy atom. The second-order valence-corrected chi connectivity index (χ2v) is 13.8. The molecule has 0 aromatic heterocycles. The summed E-state index contributed by atoms with van der Waals surface area (Å²) in [6.45, 7) is 6.57. The molecule has 1 N–H and O–H groups in total. The summed E-state index contributed by atoms with van der Waals surface area (Å²) in [4.78, 5) is 59.4. The van der Waals surface area contributed by atoms with Gasteiger partial charge in [0.25, 0.3) is 5.91 Å². The molecule has 48 heavy (non-hydrogen) atoms. The molecule has 256 valence electrons. The molecule has 0 unspecified atom stereocenters. The first-order valence-electron chi connectivity index (χ1n) is 16.6. The topological polar surface area (TPSA) is 129 Å². The van der Waals surface area contributed by atoms with Gasteiger partial charge in [0.05, 0.1) is 50.5 Å². The van der Waals surface area contributed by atoms with E-state index in [1.165, 1.54) is 18.7 Å². The highest BCUT2D eigenvalue weighted by Gasteiger charge is 2.66. The van der Waals surface area contributed by atoms with Crippen molar-refractivity contribution in [2.24, 2.45) is 11.8 Å². The SMILES string of the molecule is C[C@@H]1[C@@H](C(C)(C)F)[C@H](CC(=O)N2CCC[C@H]2CO)O[C@@]12C(=O)N(Cc1ccc(N3CCOC3=O)cc1)c1ccc(N3CCOC3=O)cc12. The zero-order valence-electron chi connectivity index (χ0n) is 27.4. The van der Waals surface area contributed by atoms with E-state index in [2.05, 4.69) is 0 Å². The number of carbonyl (C=O) groups excluding carboxylic acids is 4. The summed E-state index contributed by atoms with van der Waals surface area (Å²) in [7, 11) is 0. The van der Waals surface area contributed by atoms with Crippen LogP contribution in [0.1, 0.15) is 51.2 Å². The number of nitrogens with zero attached hydrogens (tertiary/aromatic N) is 4. The summed E-state index contributed by atoms with van der Waals surface area (Å²) in [6, 6.07) is 12.3. The molecule has 2 aromatic carbocycles. The molecular weight excluding hydrogens is 623 g/mol. The number of halogens is 1. The summed E-state index contributed by atoms with van der Waals surface area (Å²) >= 11 is 0. The van der Waals surface area contributed by atoms with Gasteiger partial charge in [0.15, 0.2) is 5.60 Å². The van der Waals surface area contributed by atoms with Gasteiger partial charge < -0.3 is 29.1 Å². The van der Waals surface area contributed by atoms with Crippen LogP contribution < -0.4 is 14.7 Å². The van der Waals surface area contributed by atoms with Gasteiger partial charge in [-0.05, 0) is 62.6 Å². The summed E-state index contributed by atoms with van der Waals surface area (Å²) < 4.78 is 33.3. The van der Waals surface area contributed by atoms with Crippen LogP contribution in [0.15, 0.2) is 42.5 Å². The van der Waals surface area contributed by atoms with Gasteiger partial charge in [-0.2, -0.15) is 0 Å². The van der Waals surface area contributed by atoms with Gasteiger partial charge in [0.1, 0.15) is 18.9 Å². The molecule has 0 radical (unpaired) electrons. The predicted molar refractivity (Wildman–Crippen MR) is 172 cm³/mol. The number of ether oxygens (including phenoxy) is 3. The van der Waals surface area contributed by atoms with E-state index in [0.717, 1.165) is 12.0 Å². The monoisotopic (exact) mass is 664 g/mol. The van der Waals surface area contributed by atoms with Crippen molar-refractivity contribution in [3.05, 3.63) is 53.6 Å². The summed E-state index contributed by atoms with van der Waals surface area (Å²) in [5, 5.41) is 9.85. The Hall–Kier alpha value is -4.23. The van der Waals surface area contributed by atoms with Crippen LogP contribution in [0.2, 0.25) is 0 Å². The van der Waals surface area contributed by atoms with Crippen molar-refractivity contribution < 1.29 is 42.9 Å². The van der Waals surface area contributed by atoms with Gasteiger partial charge in [-0.15, -0.1) is 0 Å². The molecule has 12 nitrogen and oxygen atoms in total.